The van der Waals surface area contributed by atoms with E-state index in [4.69, 9.17) is 18.8 Å². The highest BCUT2D eigenvalue weighted by Crippen LogP contribution is 2.50. The number of methoxy groups -OCH3 is 1. The van der Waals surface area contributed by atoms with Crippen molar-refractivity contribution in [2.75, 3.05) is 25.6 Å². The molecule has 3 aromatic carbocycles. The van der Waals surface area contributed by atoms with Crippen molar-refractivity contribution in [1.82, 2.24) is 4.98 Å². The SMILES string of the molecule is CCOP(=O)(/C=C/c1ccc2cc(NC(=O)OC)cc(-c3cccc4ccccc34)c2n1)OCC. The van der Waals surface area contributed by atoms with Crippen LogP contribution in [0.5, 0.6) is 0 Å². The van der Waals surface area contributed by atoms with E-state index < -0.39 is 13.7 Å². The number of nitrogens with zero attached hydrogens (tertiary/aromatic N) is 1. The van der Waals surface area contributed by atoms with E-state index in [1.165, 1.54) is 12.9 Å². The molecule has 4 aromatic rings. The van der Waals surface area contributed by atoms with Crippen LogP contribution in [0.4, 0.5) is 10.5 Å². The van der Waals surface area contributed by atoms with Crippen LogP contribution in [0.1, 0.15) is 19.5 Å². The highest BCUT2D eigenvalue weighted by Gasteiger charge is 2.19. The molecule has 1 N–H and O–H groups in total. The second kappa shape index (κ2) is 10.8. The molecule has 0 saturated carbocycles. The summed E-state index contributed by atoms with van der Waals surface area (Å²) in [6.45, 7) is 4.08. The Kier molecular flexibility index (Phi) is 7.61. The van der Waals surface area contributed by atoms with Gasteiger partial charge in [0.15, 0.2) is 0 Å². The molecular formula is C27H27N2O5P. The molecule has 4 rings (SSSR count). The first-order chi connectivity index (χ1) is 17.0. The molecule has 0 radical (unpaired) electrons. The summed E-state index contributed by atoms with van der Waals surface area (Å²) in [5, 5.41) is 5.74. The number of fused-ring (bicyclic) bond motifs is 2. The Morgan fingerprint density at radius 1 is 0.943 bits per heavy atom. The smallest absolute Gasteiger partial charge is 0.411 e. The zero-order valence-electron chi connectivity index (χ0n) is 19.9. The largest absolute Gasteiger partial charge is 0.453 e. The summed E-state index contributed by atoms with van der Waals surface area (Å²) in [6.07, 6.45) is 1.10. The lowest BCUT2D eigenvalue weighted by molar-refractivity contribution is 0.187. The number of carbonyl (C=O) groups excluding carboxylic acids is 1. The van der Waals surface area contributed by atoms with Crippen LogP contribution in [-0.2, 0) is 18.3 Å². The van der Waals surface area contributed by atoms with Gasteiger partial charge in [0.1, 0.15) is 0 Å². The van der Waals surface area contributed by atoms with Gasteiger partial charge >= 0.3 is 13.7 Å². The fourth-order valence-electron chi connectivity index (χ4n) is 3.90. The summed E-state index contributed by atoms with van der Waals surface area (Å²) in [5.41, 5.74) is 3.76. The first-order valence-corrected chi connectivity index (χ1v) is 12.9. The van der Waals surface area contributed by atoms with Crippen LogP contribution in [0.2, 0.25) is 0 Å². The highest BCUT2D eigenvalue weighted by atomic mass is 31.2. The van der Waals surface area contributed by atoms with Gasteiger partial charge in [0, 0.05) is 22.5 Å². The van der Waals surface area contributed by atoms with Crippen molar-refractivity contribution in [2.24, 2.45) is 0 Å². The number of pyridine rings is 1. The average molecular weight is 490 g/mol. The van der Waals surface area contributed by atoms with Crippen molar-refractivity contribution in [3.8, 4) is 11.1 Å². The first kappa shape index (κ1) is 24.6. The highest BCUT2D eigenvalue weighted by molar-refractivity contribution is 7.57. The molecule has 0 fully saturated rings. The molecule has 1 heterocycles. The van der Waals surface area contributed by atoms with Crippen molar-refractivity contribution in [1.29, 1.82) is 0 Å². The first-order valence-electron chi connectivity index (χ1n) is 11.3. The fraction of sp³-hybridized carbons (Fsp3) is 0.185. The molecule has 0 aliphatic rings. The number of rotatable bonds is 8. The van der Waals surface area contributed by atoms with Crippen molar-refractivity contribution < 1.29 is 23.1 Å². The van der Waals surface area contributed by atoms with Crippen LogP contribution in [0.15, 0.2) is 72.5 Å². The average Bonchev–Trinajstić information content (AvgIpc) is 2.87. The van der Waals surface area contributed by atoms with Crippen molar-refractivity contribution in [3.63, 3.8) is 0 Å². The van der Waals surface area contributed by atoms with Gasteiger partial charge in [-0.2, -0.15) is 0 Å². The number of anilines is 1. The Morgan fingerprint density at radius 2 is 1.69 bits per heavy atom. The molecule has 8 heteroatoms. The normalized spacial score (nSPS) is 11.9. The summed E-state index contributed by atoms with van der Waals surface area (Å²) in [5.74, 6) is 1.44. The molecule has 0 unspecified atom stereocenters. The number of ether oxygens (including phenoxy) is 1. The zero-order valence-corrected chi connectivity index (χ0v) is 20.7. The molecule has 35 heavy (non-hydrogen) atoms. The quantitative estimate of drug-likeness (QED) is 0.258. The van der Waals surface area contributed by atoms with Crippen LogP contribution in [0.3, 0.4) is 0 Å². The second-order valence-corrected chi connectivity index (χ2v) is 9.56. The second-order valence-electron chi connectivity index (χ2n) is 7.67. The number of benzene rings is 3. The Hall–Kier alpha value is -3.51. The Labute approximate surface area is 204 Å². The fourth-order valence-corrected chi connectivity index (χ4v) is 5.20. The number of carbonyl (C=O) groups is 1. The van der Waals surface area contributed by atoms with Gasteiger partial charge in [0.25, 0.3) is 0 Å². The maximum atomic E-state index is 12.8. The van der Waals surface area contributed by atoms with Crippen LogP contribution in [0, 0.1) is 0 Å². The monoisotopic (exact) mass is 490 g/mol. The molecule has 0 saturated heterocycles. The Balaban J connectivity index is 1.89. The van der Waals surface area contributed by atoms with E-state index in [9.17, 15) is 9.36 Å². The van der Waals surface area contributed by atoms with E-state index in [0.717, 1.165) is 32.8 Å². The molecule has 180 valence electrons. The number of nitrogens with one attached hydrogen (secondary N) is 1. The number of hydrogen-bond acceptors (Lipinski definition) is 6. The minimum Gasteiger partial charge on any atom is -0.453 e. The predicted octanol–water partition coefficient (Wildman–Crippen LogP) is 7.47. The summed E-state index contributed by atoms with van der Waals surface area (Å²) in [7, 11) is -2.03. The summed E-state index contributed by atoms with van der Waals surface area (Å²) >= 11 is 0. The lowest BCUT2D eigenvalue weighted by Gasteiger charge is -2.14. The van der Waals surface area contributed by atoms with E-state index >= 15 is 0 Å². The van der Waals surface area contributed by atoms with Crippen molar-refractivity contribution in [3.05, 3.63) is 78.2 Å². The van der Waals surface area contributed by atoms with Crippen LogP contribution < -0.4 is 5.32 Å². The number of aromatic nitrogens is 1. The Bertz CT molecular complexity index is 1440. The summed E-state index contributed by atoms with van der Waals surface area (Å²) in [4.78, 5) is 16.8. The van der Waals surface area contributed by atoms with E-state index in [1.807, 2.05) is 48.5 Å². The third-order valence-electron chi connectivity index (χ3n) is 5.37. The predicted molar refractivity (Wildman–Crippen MR) is 141 cm³/mol. The van der Waals surface area contributed by atoms with Gasteiger partial charge in [0.2, 0.25) is 0 Å². The maximum Gasteiger partial charge on any atom is 0.411 e. The molecule has 0 atom stereocenters. The molecule has 0 spiro atoms. The third kappa shape index (κ3) is 5.60. The van der Waals surface area contributed by atoms with E-state index in [0.29, 0.717) is 11.4 Å². The standard InChI is InChI=1S/C27H27N2O5P/c1-4-33-35(31,34-5-2)16-15-21-14-13-20-17-22(29-27(30)32-3)18-25(26(20)28-21)24-12-8-10-19-9-6-7-11-23(19)24/h6-18H,4-5H2,1-3H3,(H,29,30)/b16-15+. The third-order valence-corrected chi connectivity index (χ3v) is 7.12. The summed E-state index contributed by atoms with van der Waals surface area (Å²) < 4.78 is 28.3. The van der Waals surface area contributed by atoms with Gasteiger partial charge in [-0.15, -0.1) is 0 Å². The van der Waals surface area contributed by atoms with Crippen LogP contribution in [-0.4, -0.2) is 31.4 Å². The van der Waals surface area contributed by atoms with Gasteiger partial charge in [-0.3, -0.25) is 9.88 Å². The van der Waals surface area contributed by atoms with Crippen molar-refractivity contribution in [2.45, 2.75) is 13.8 Å². The minimum atomic E-state index is -3.36. The zero-order chi connectivity index (χ0) is 24.8. The van der Waals surface area contributed by atoms with Crippen molar-refractivity contribution >= 4 is 47.1 Å². The lowest BCUT2D eigenvalue weighted by Crippen LogP contribution is -2.11. The number of amides is 1. The van der Waals surface area contributed by atoms with Gasteiger partial charge < -0.3 is 13.8 Å². The van der Waals surface area contributed by atoms with Gasteiger partial charge in [0.05, 0.1) is 31.5 Å². The van der Waals surface area contributed by atoms with E-state index in [-0.39, 0.29) is 13.2 Å². The lowest BCUT2D eigenvalue weighted by atomic mass is 9.95. The van der Waals surface area contributed by atoms with E-state index in [1.54, 1.807) is 19.9 Å². The van der Waals surface area contributed by atoms with Crippen LogP contribution >= 0.6 is 7.60 Å². The molecule has 0 aliphatic heterocycles. The summed E-state index contributed by atoms with van der Waals surface area (Å²) in [6, 6.07) is 21.6. The van der Waals surface area contributed by atoms with E-state index in [2.05, 4.69) is 23.5 Å². The molecule has 0 bridgehead atoms. The maximum absolute atomic E-state index is 12.8. The molecule has 7 nitrogen and oxygen atoms in total. The topological polar surface area (TPSA) is 86.8 Å². The molecular weight excluding hydrogens is 463 g/mol. The van der Waals surface area contributed by atoms with Crippen LogP contribution in [0.25, 0.3) is 38.9 Å². The van der Waals surface area contributed by atoms with Gasteiger partial charge in [-0.25, -0.2) is 9.78 Å². The molecule has 0 aliphatic carbocycles. The van der Waals surface area contributed by atoms with Gasteiger partial charge in [-0.1, -0.05) is 48.5 Å². The number of hydrogen-bond donors (Lipinski definition) is 1. The Morgan fingerprint density at radius 3 is 2.43 bits per heavy atom. The van der Waals surface area contributed by atoms with Gasteiger partial charge in [-0.05, 0) is 54.5 Å². The minimum absolute atomic E-state index is 0.272. The molecule has 1 amide bonds. The molecule has 1 aromatic heterocycles.